The molecule has 3 aromatic rings. The molecule has 4 nitrogen and oxygen atoms in total. The van der Waals surface area contributed by atoms with Gasteiger partial charge in [-0.1, -0.05) is 23.2 Å². The lowest BCUT2D eigenvalue weighted by Gasteiger charge is -1.96. The Bertz CT molecular complexity index is 731. The average Bonchev–Trinajstić information content (AvgIpc) is 2.96. The summed E-state index contributed by atoms with van der Waals surface area (Å²) in [6.45, 7) is 0. The third kappa shape index (κ3) is 1.79. The van der Waals surface area contributed by atoms with Gasteiger partial charge in [0.15, 0.2) is 0 Å². The Morgan fingerprint density at radius 2 is 2.11 bits per heavy atom. The standard InChI is InChI=1S/C12H7Cl2N3O/c13-7-3-9(14)8-5-11(16-10(8)4-7)12(18)17-2-1-15-6-17/h1-6,16H. The summed E-state index contributed by atoms with van der Waals surface area (Å²) in [7, 11) is 0. The number of imidazole rings is 1. The van der Waals surface area contributed by atoms with Gasteiger partial charge in [0.05, 0.1) is 5.02 Å². The maximum Gasteiger partial charge on any atom is 0.279 e. The molecule has 1 aromatic carbocycles. The summed E-state index contributed by atoms with van der Waals surface area (Å²) in [5.74, 6) is -0.198. The molecule has 0 saturated heterocycles. The molecule has 90 valence electrons. The van der Waals surface area contributed by atoms with Gasteiger partial charge in [-0.05, 0) is 18.2 Å². The highest BCUT2D eigenvalue weighted by Gasteiger charge is 2.13. The third-order valence-electron chi connectivity index (χ3n) is 2.62. The van der Waals surface area contributed by atoms with Gasteiger partial charge in [0.2, 0.25) is 0 Å². The molecule has 0 spiro atoms. The molecule has 1 N–H and O–H groups in total. The summed E-state index contributed by atoms with van der Waals surface area (Å²) < 4.78 is 1.39. The molecule has 2 heterocycles. The maximum absolute atomic E-state index is 12.1. The van der Waals surface area contributed by atoms with Crippen molar-refractivity contribution in [2.75, 3.05) is 0 Å². The van der Waals surface area contributed by atoms with Crippen molar-refractivity contribution >= 4 is 40.0 Å². The lowest BCUT2D eigenvalue weighted by molar-refractivity contribution is 0.0955. The highest BCUT2D eigenvalue weighted by Crippen LogP contribution is 2.28. The first-order valence-corrected chi connectivity index (χ1v) is 5.91. The number of halogens is 2. The lowest BCUT2D eigenvalue weighted by Crippen LogP contribution is -2.09. The Morgan fingerprint density at radius 1 is 1.28 bits per heavy atom. The van der Waals surface area contributed by atoms with E-state index in [1.54, 1.807) is 30.6 Å². The van der Waals surface area contributed by atoms with Crippen LogP contribution in [0.4, 0.5) is 0 Å². The van der Waals surface area contributed by atoms with Gasteiger partial charge in [0, 0.05) is 28.3 Å². The molecule has 0 unspecified atom stereocenters. The Morgan fingerprint density at radius 3 is 2.83 bits per heavy atom. The smallest absolute Gasteiger partial charge is 0.279 e. The van der Waals surface area contributed by atoms with Crippen molar-refractivity contribution in [1.82, 2.24) is 14.5 Å². The van der Waals surface area contributed by atoms with Gasteiger partial charge in [-0.2, -0.15) is 0 Å². The molecular weight excluding hydrogens is 273 g/mol. The van der Waals surface area contributed by atoms with Crippen LogP contribution in [0.15, 0.2) is 36.9 Å². The first-order chi connectivity index (χ1) is 8.65. The summed E-state index contributed by atoms with van der Waals surface area (Å²) in [5, 5.41) is 1.80. The van der Waals surface area contributed by atoms with E-state index in [4.69, 9.17) is 23.2 Å². The number of rotatable bonds is 1. The number of carbonyl (C=O) groups is 1. The molecule has 18 heavy (non-hydrogen) atoms. The van der Waals surface area contributed by atoms with E-state index in [0.717, 1.165) is 10.9 Å². The third-order valence-corrected chi connectivity index (χ3v) is 3.15. The molecule has 0 saturated carbocycles. The highest BCUT2D eigenvalue weighted by atomic mass is 35.5. The Labute approximate surface area is 112 Å². The molecule has 6 heteroatoms. The number of fused-ring (bicyclic) bond motifs is 1. The van der Waals surface area contributed by atoms with Crippen LogP contribution >= 0.6 is 23.2 Å². The molecule has 0 radical (unpaired) electrons. The molecule has 0 aliphatic carbocycles. The van der Waals surface area contributed by atoms with Crippen LogP contribution < -0.4 is 0 Å². The van der Waals surface area contributed by atoms with Gasteiger partial charge in [-0.15, -0.1) is 0 Å². The predicted octanol–water partition coefficient (Wildman–Crippen LogP) is 3.36. The summed E-state index contributed by atoms with van der Waals surface area (Å²) in [6, 6.07) is 5.08. The Hall–Kier alpha value is -1.78. The minimum absolute atomic E-state index is 0.198. The monoisotopic (exact) mass is 279 g/mol. The van der Waals surface area contributed by atoms with E-state index < -0.39 is 0 Å². The van der Waals surface area contributed by atoms with Gasteiger partial charge in [-0.25, -0.2) is 4.98 Å². The quantitative estimate of drug-likeness (QED) is 0.743. The van der Waals surface area contributed by atoms with Crippen LogP contribution in [0.1, 0.15) is 10.5 Å². The molecule has 2 aromatic heterocycles. The van der Waals surface area contributed by atoms with Crippen molar-refractivity contribution in [3.05, 3.63) is 52.7 Å². The zero-order valence-electron chi connectivity index (χ0n) is 9.02. The van der Waals surface area contributed by atoms with E-state index in [1.165, 1.54) is 10.9 Å². The zero-order valence-corrected chi connectivity index (χ0v) is 10.5. The maximum atomic E-state index is 12.1. The minimum atomic E-state index is -0.198. The molecule has 0 aliphatic heterocycles. The Balaban J connectivity index is 2.14. The zero-order chi connectivity index (χ0) is 12.7. The number of carbonyl (C=O) groups excluding carboxylic acids is 1. The summed E-state index contributed by atoms with van der Waals surface area (Å²) in [6.07, 6.45) is 4.58. The van der Waals surface area contributed by atoms with Gasteiger partial charge in [-0.3, -0.25) is 9.36 Å². The van der Waals surface area contributed by atoms with Crippen LogP contribution in [-0.4, -0.2) is 20.4 Å². The fourth-order valence-electron chi connectivity index (χ4n) is 1.79. The largest absolute Gasteiger partial charge is 0.350 e. The second kappa shape index (κ2) is 4.15. The SMILES string of the molecule is O=C(c1cc2c(Cl)cc(Cl)cc2[nH]1)n1ccnc1. The fraction of sp³-hybridized carbons (Fsp3) is 0. The van der Waals surface area contributed by atoms with Crippen LogP contribution in [0, 0.1) is 0 Å². The molecule has 3 rings (SSSR count). The van der Waals surface area contributed by atoms with Crippen molar-refractivity contribution in [1.29, 1.82) is 0 Å². The number of hydrogen-bond donors (Lipinski definition) is 1. The second-order valence-corrected chi connectivity index (χ2v) is 4.65. The summed E-state index contributed by atoms with van der Waals surface area (Å²) in [4.78, 5) is 18.9. The van der Waals surface area contributed by atoms with Crippen molar-refractivity contribution < 1.29 is 4.79 Å². The van der Waals surface area contributed by atoms with E-state index in [0.29, 0.717) is 15.7 Å². The topological polar surface area (TPSA) is 50.7 Å². The Kier molecular flexibility index (Phi) is 2.61. The number of nitrogens with zero attached hydrogens (tertiary/aromatic N) is 2. The highest BCUT2D eigenvalue weighted by molar-refractivity contribution is 6.38. The second-order valence-electron chi connectivity index (χ2n) is 3.81. The molecule has 0 amide bonds. The molecule has 0 bridgehead atoms. The van der Waals surface area contributed by atoms with E-state index in [-0.39, 0.29) is 5.91 Å². The number of nitrogens with one attached hydrogen (secondary N) is 1. The van der Waals surface area contributed by atoms with Gasteiger partial charge in [0.1, 0.15) is 12.0 Å². The normalized spacial score (nSPS) is 11.0. The molecule has 0 aliphatic rings. The minimum Gasteiger partial charge on any atom is -0.350 e. The summed E-state index contributed by atoms with van der Waals surface area (Å²) >= 11 is 12.0. The van der Waals surface area contributed by atoms with E-state index in [9.17, 15) is 4.79 Å². The van der Waals surface area contributed by atoms with Crippen molar-refractivity contribution in [3.8, 4) is 0 Å². The predicted molar refractivity (Wildman–Crippen MR) is 70.3 cm³/mol. The van der Waals surface area contributed by atoms with Crippen molar-refractivity contribution in [2.24, 2.45) is 0 Å². The van der Waals surface area contributed by atoms with E-state index in [1.807, 2.05) is 0 Å². The summed E-state index contributed by atoms with van der Waals surface area (Å²) in [5.41, 5.74) is 1.17. The van der Waals surface area contributed by atoms with Crippen LogP contribution in [0.2, 0.25) is 10.0 Å². The number of benzene rings is 1. The molecule has 0 atom stereocenters. The van der Waals surface area contributed by atoms with Crippen molar-refractivity contribution in [2.45, 2.75) is 0 Å². The molecule has 0 fully saturated rings. The van der Waals surface area contributed by atoms with Gasteiger partial charge in [0.25, 0.3) is 5.91 Å². The average molecular weight is 280 g/mol. The number of aromatic nitrogens is 3. The van der Waals surface area contributed by atoms with Crippen LogP contribution in [0.5, 0.6) is 0 Å². The van der Waals surface area contributed by atoms with E-state index in [2.05, 4.69) is 9.97 Å². The van der Waals surface area contributed by atoms with Gasteiger partial charge >= 0.3 is 0 Å². The van der Waals surface area contributed by atoms with Crippen molar-refractivity contribution in [3.63, 3.8) is 0 Å². The fourth-order valence-corrected chi connectivity index (χ4v) is 2.34. The van der Waals surface area contributed by atoms with Crippen LogP contribution in [-0.2, 0) is 0 Å². The number of hydrogen-bond acceptors (Lipinski definition) is 2. The van der Waals surface area contributed by atoms with Crippen LogP contribution in [0.25, 0.3) is 10.9 Å². The first-order valence-electron chi connectivity index (χ1n) is 5.15. The first kappa shape index (κ1) is 11.3. The number of H-pyrrole nitrogens is 1. The van der Waals surface area contributed by atoms with E-state index >= 15 is 0 Å². The van der Waals surface area contributed by atoms with Gasteiger partial charge < -0.3 is 4.98 Å². The number of aromatic amines is 1. The van der Waals surface area contributed by atoms with Crippen LogP contribution in [0.3, 0.4) is 0 Å². The lowest BCUT2D eigenvalue weighted by atomic mass is 10.2. The molecular formula is C12H7Cl2N3O.